The lowest BCUT2D eigenvalue weighted by Gasteiger charge is -2.40. The second-order valence-corrected chi connectivity index (χ2v) is 12.4. The molecule has 2 aromatic rings. The fraction of sp³-hybridized carbons (Fsp3) is 0.440. The average Bonchev–Trinajstić information content (AvgIpc) is 2.74. The van der Waals surface area contributed by atoms with Crippen LogP contribution in [0.2, 0.25) is 5.02 Å². The van der Waals surface area contributed by atoms with Gasteiger partial charge in [-0.15, -0.1) is 0 Å². The molecule has 1 saturated heterocycles. The van der Waals surface area contributed by atoms with E-state index in [-0.39, 0.29) is 27.9 Å². The Hall–Kier alpha value is -2.89. The van der Waals surface area contributed by atoms with Gasteiger partial charge < -0.3 is 19.7 Å². The smallest absolute Gasteiger partial charge is 0.410 e. The molecule has 4 rings (SSSR count). The summed E-state index contributed by atoms with van der Waals surface area (Å²) in [5, 5.41) is 3.40. The number of carbonyl (C=O) groups excluding carboxylic acids is 2. The molecular formula is C25H29ClFN3O6S. The predicted molar refractivity (Wildman–Crippen MR) is 136 cm³/mol. The molecule has 37 heavy (non-hydrogen) atoms. The van der Waals surface area contributed by atoms with Crippen LogP contribution in [0.5, 0.6) is 5.75 Å². The number of carbonyl (C=O) groups is 2. The van der Waals surface area contributed by atoms with Crippen LogP contribution in [0, 0.1) is 12.7 Å². The van der Waals surface area contributed by atoms with Gasteiger partial charge in [-0.3, -0.25) is 0 Å². The SMILES string of the molecule is Cc1ccc(F)c2c1OC(=O)[C@@H](NS(=O)(=O)c1ccc(Cl)cc1NC1CN(C(=O)OC(C)(C)C)C1)[C@@H]2C. The van der Waals surface area contributed by atoms with Gasteiger partial charge in [-0.05, 0) is 57.5 Å². The Labute approximate surface area is 220 Å². The second kappa shape index (κ2) is 9.77. The monoisotopic (exact) mass is 553 g/mol. The molecule has 2 aliphatic rings. The van der Waals surface area contributed by atoms with Gasteiger partial charge in [0.15, 0.2) is 0 Å². The highest BCUT2D eigenvalue weighted by Crippen LogP contribution is 2.39. The van der Waals surface area contributed by atoms with Crippen LogP contribution < -0.4 is 14.8 Å². The van der Waals surface area contributed by atoms with Crippen molar-refractivity contribution in [2.75, 3.05) is 18.4 Å². The van der Waals surface area contributed by atoms with Crippen molar-refractivity contribution in [3.63, 3.8) is 0 Å². The van der Waals surface area contributed by atoms with Crippen molar-refractivity contribution in [1.29, 1.82) is 0 Å². The molecule has 0 aromatic heterocycles. The number of rotatable bonds is 5. The molecule has 1 fully saturated rings. The number of nitrogens with zero attached hydrogens (tertiary/aromatic N) is 1. The third-order valence-electron chi connectivity index (χ3n) is 6.16. The molecule has 0 spiro atoms. The van der Waals surface area contributed by atoms with Crippen LogP contribution in [0.4, 0.5) is 14.9 Å². The van der Waals surface area contributed by atoms with Crippen LogP contribution in [-0.2, 0) is 19.6 Å². The van der Waals surface area contributed by atoms with Gasteiger partial charge in [0.1, 0.15) is 28.1 Å². The maximum atomic E-state index is 14.6. The second-order valence-electron chi connectivity index (χ2n) is 10.3. The number of amides is 1. The number of ether oxygens (including phenoxy) is 2. The molecule has 2 aliphatic heterocycles. The van der Waals surface area contributed by atoms with E-state index in [2.05, 4.69) is 10.0 Å². The number of esters is 1. The Morgan fingerprint density at radius 2 is 1.89 bits per heavy atom. The fourth-order valence-electron chi connectivity index (χ4n) is 4.27. The Morgan fingerprint density at radius 1 is 1.22 bits per heavy atom. The molecular weight excluding hydrogens is 525 g/mol. The number of nitrogens with one attached hydrogen (secondary N) is 2. The summed E-state index contributed by atoms with van der Waals surface area (Å²) in [6, 6.07) is 5.34. The van der Waals surface area contributed by atoms with Crippen LogP contribution in [0.1, 0.15) is 44.7 Å². The highest BCUT2D eigenvalue weighted by Gasteiger charge is 2.41. The van der Waals surface area contributed by atoms with Crippen LogP contribution >= 0.6 is 11.6 Å². The Balaban J connectivity index is 1.53. The van der Waals surface area contributed by atoms with E-state index in [1.165, 1.54) is 35.2 Å². The highest BCUT2D eigenvalue weighted by atomic mass is 35.5. The van der Waals surface area contributed by atoms with Gasteiger partial charge in [-0.25, -0.2) is 22.4 Å². The van der Waals surface area contributed by atoms with Crippen molar-refractivity contribution in [2.45, 2.75) is 63.1 Å². The number of halogens is 2. The fourth-order valence-corrected chi connectivity index (χ4v) is 5.86. The number of benzene rings is 2. The summed E-state index contributed by atoms with van der Waals surface area (Å²) in [6.07, 6.45) is -0.460. The Bertz CT molecular complexity index is 1350. The van der Waals surface area contributed by atoms with Gasteiger partial charge in [-0.2, -0.15) is 4.72 Å². The van der Waals surface area contributed by atoms with Gasteiger partial charge in [0.05, 0.1) is 11.7 Å². The number of aryl methyl sites for hydroxylation is 1. The van der Waals surface area contributed by atoms with Gasteiger partial charge in [0, 0.05) is 29.6 Å². The molecule has 0 radical (unpaired) electrons. The summed E-state index contributed by atoms with van der Waals surface area (Å²) in [7, 11) is -4.28. The maximum absolute atomic E-state index is 14.6. The number of hydrogen-bond acceptors (Lipinski definition) is 7. The Morgan fingerprint density at radius 3 is 2.54 bits per heavy atom. The van der Waals surface area contributed by atoms with Gasteiger partial charge in [0.2, 0.25) is 10.0 Å². The third kappa shape index (κ3) is 5.68. The molecule has 9 nitrogen and oxygen atoms in total. The molecule has 1 amide bonds. The van der Waals surface area contributed by atoms with Crippen molar-refractivity contribution < 1.29 is 31.9 Å². The maximum Gasteiger partial charge on any atom is 0.410 e. The standard InChI is InChI=1S/C25H29ClFN3O6S/c1-13-6-8-17(27)20-14(2)21(23(31)35-22(13)20)29-37(33,34)19-9-7-15(26)10-18(19)28-16-11-30(12-16)24(32)36-25(3,4)5/h6-10,14,16,21,28-29H,11-12H2,1-5H3/t14-,21+/m1/s1. The lowest BCUT2D eigenvalue weighted by Crippen LogP contribution is -2.58. The van der Waals surface area contributed by atoms with Crippen molar-refractivity contribution in [2.24, 2.45) is 0 Å². The molecule has 2 heterocycles. The van der Waals surface area contributed by atoms with E-state index in [0.29, 0.717) is 23.7 Å². The molecule has 0 unspecified atom stereocenters. The lowest BCUT2D eigenvalue weighted by molar-refractivity contribution is -0.138. The van der Waals surface area contributed by atoms with Crippen molar-refractivity contribution in [3.8, 4) is 5.75 Å². The number of hydrogen-bond donors (Lipinski definition) is 2. The minimum Gasteiger partial charge on any atom is -0.444 e. The van der Waals surface area contributed by atoms with E-state index in [4.69, 9.17) is 21.1 Å². The van der Waals surface area contributed by atoms with E-state index in [1.807, 2.05) is 0 Å². The van der Waals surface area contributed by atoms with Gasteiger partial charge in [-0.1, -0.05) is 24.6 Å². The van der Waals surface area contributed by atoms with Crippen molar-refractivity contribution in [3.05, 3.63) is 52.3 Å². The summed E-state index contributed by atoms with van der Waals surface area (Å²) in [4.78, 5) is 26.3. The van der Waals surface area contributed by atoms with Gasteiger partial charge >= 0.3 is 12.1 Å². The molecule has 12 heteroatoms. The summed E-state index contributed by atoms with van der Waals surface area (Å²) in [6.45, 7) is 9.16. The number of anilines is 1. The number of sulfonamides is 1. The van der Waals surface area contributed by atoms with Crippen LogP contribution in [-0.4, -0.2) is 56.2 Å². The summed E-state index contributed by atoms with van der Waals surface area (Å²) < 4.78 is 54.5. The minimum absolute atomic E-state index is 0.112. The summed E-state index contributed by atoms with van der Waals surface area (Å²) in [5.74, 6) is -2.11. The zero-order valence-electron chi connectivity index (χ0n) is 21.1. The van der Waals surface area contributed by atoms with E-state index in [9.17, 15) is 22.4 Å². The molecule has 2 aromatic carbocycles. The first-order chi connectivity index (χ1) is 17.2. The average molecular weight is 554 g/mol. The number of fused-ring (bicyclic) bond motifs is 1. The van der Waals surface area contributed by atoms with E-state index in [1.54, 1.807) is 34.6 Å². The zero-order chi connectivity index (χ0) is 27.3. The number of likely N-dealkylation sites (tertiary alicyclic amines) is 1. The first-order valence-electron chi connectivity index (χ1n) is 11.7. The topological polar surface area (TPSA) is 114 Å². The highest BCUT2D eigenvalue weighted by molar-refractivity contribution is 7.89. The minimum atomic E-state index is -4.28. The Kier molecular flexibility index (Phi) is 7.17. The van der Waals surface area contributed by atoms with Crippen molar-refractivity contribution in [1.82, 2.24) is 9.62 Å². The molecule has 0 bridgehead atoms. The molecule has 0 saturated carbocycles. The predicted octanol–water partition coefficient (Wildman–Crippen LogP) is 4.19. The third-order valence-corrected chi connectivity index (χ3v) is 7.89. The van der Waals surface area contributed by atoms with Crippen molar-refractivity contribution >= 4 is 39.4 Å². The molecule has 0 aliphatic carbocycles. The largest absolute Gasteiger partial charge is 0.444 e. The van der Waals surface area contributed by atoms with E-state index >= 15 is 0 Å². The van der Waals surface area contributed by atoms with E-state index in [0.717, 1.165) is 0 Å². The normalized spacial score (nSPS) is 20.1. The van der Waals surface area contributed by atoms with E-state index < -0.39 is 45.5 Å². The summed E-state index contributed by atoms with van der Waals surface area (Å²) in [5.41, 5.74) is 0.282. The molecule has 2 N–H and O–H groups in total. The quantitative estimate of drug-likeness (QED) is 0.421. The first kappa shape index (κ1) is 27.2. The zero-order valence-corrected chi connectivity index (χ0v) is 22.7. The van der Waals surface area contributed by atoms with Crippen LogP contribution in [0.15, 0.2) is 35.2 Å². The molecule has 200 valence electrons. The first-order valence-corrected chi connectivity index (χ1v) is 13.6. The van der Waals surface area contributed by atoms with Crippen LogP contribution in [0.3, 0.4) is 0 Å². The lowest BCUT2D eigenvalue weighted by atomic mass is 9.89. The van der Waals surface area contributed by atoms with Crippen LogP contribution in [0.25, 0.3) is 0 Å². The van der Waals surface area contributed by atoms with Gasteiger partial charge in [0.25, 0.3) is 0 Å². The molecule has 2 atom stereocenters. The summed E-state index contributed by atoms with van der Waals surface area (Å²) >= 11 is 6.13.